The Bertz CT molecular complexity index is 1790. The van der Waals surface area contributed by atoms with Gasteiger partial charge in [-0.15, -0.1) is 0 Å². The lowest BCUT2D eigenvalue weighted by Gasteiger charge is -2.34. The van der Waals surface area contributed by atoms with Crippen molar-refractivity contribution in [1.82, 2.24) is 10.2 Å². The number of rotatable bonds is 14. The van der Waals surface area contributed by atoms with Crippen molar-refractivity contribution in [2.75, 3.05) is 18.0 Å². The van der Waals surface area contributed by atoms with Crippen molar-refractivity contribution in [3.63, 3.8) is 0 Å². The molecule has 2 atom stereocenters. The van der Waals surface area contributed by atoms with E-state index in [1.54, 1.807) is 48.5 Å². The first-order chi connectivity index (χ1) is 22.4. The van der Waals surface area contributed by atoms with Crippen LogP contribution in [0.3, 0.4) is 0 Å². The topological polar surface area (TPSA) is 96.0 Å². The Morgan fingerprint density at radius 3 is 2.21 bits per heavy atom. The van der Waals surface area contributed by atoms with E-state index < -0.39 is 28.5 Å². The molecule has 0 radical (unpaired) electrons. The fourth-order valence-electron chi connectivity index (χ4n) is 5.01. The summed E-state index contributed by atoms with van der Waals surface area (Å²) in [5.41, 5.74) is 2.38. The smallest absolute Gasteiger partial charge is 0.264 e. The Labute approximate surface area is 287 Å². The average molecular weight is 697 g/mol. The minimum absolute atomic E-state index is 0.0223. The quantitative estimate of drug-likeness (QED) is 0.152. The average Bonchev–Trinajstić information content (AvgIpc) is 3.06. The molecule has 47 heavy (non-hydrogen) atoms. The second-order valence-corrected chi connectivity index (χ2v) is 14.0. The number of aryl methyl sites for hydroxylation is 1. The molecule has 4 aromatic carbocycles. The minimum atomic E-state index is -4.34. The normalized spacial score (nSPS) is 12.6. The SMILES string of the molecule is CC[C@@H](C)NC(=O)[C@@H](Cc1ccccc1)N(Cc1ccccc1Cl)C(=O)CN(c1cc(Cl)ccc1OC)S(=O)(=O)c1ccc(C)cc1. The standard InChI is InChI=1S/C36H39Cl2N3O5S/c1-5-26(3)39-36(43)33(21-27-11-7-6-8-12-27)40(23-28-13-9-10-14-31(28)38)35(42)24-41(32-22-29(37)17-20-34(32)46-4)47(44,45)30-18-15-25(2)16-19-30/h6-20,22,26,33H,5,21,23-24H2,1-4H3,(H,39,43)/t26-,33-/m1/s1. The van der Waals surface area contributed by atoms with Gasteiger partial charge in [-0.1, -0.05) is 96.4 Å². The van der Waals surface area contributed by atoms with Crippen molar-refractivity contribution >= 4 is 50.7 Å². The van der Waals surface area contributed by atoms with Crippen LogP contribution in [-0.4, -0.2) is 50.9 Å². The number of anilines is 1. The molecule has 0 saturated heterocycles. The molecule has 1 N–H and O–H groups in total. The first-order valence-electron chi connectivity index (χ1n) is 15.2. The van der Waals surface area contributed by atoms with Crippen LogP contribution in [0.4, 0.5) is 5.69 Å². The van der Waals surface area contributed by atoms with Crippen LogP contribution >= 0.6 is 23.2 Å². The molecule has 0 heterocycles. The number of halogens is 2. The van der Waals surface area contributed by atoms with Gasteiger partial charge in [0.1, 0.15) is 18.3 Å². The number of hydrogen-bond acceptors (Lipinski definition) is 5. The molecule has 2 amide bonds. The van der Waals surface area contributed by atoms with Crippen LogP contribution < -0.4 is 14.4 Å². The van der Waals surface area contributed by atoms with Gasteiger partial charge in [0.05, 0.1) is 17.7 Å². The van der Waals surface area contributed by atoms with E-state index in [0.29, 0.717) is 17.0 Å². The maximum absolute atomic E-state index is 14.7. The van der Waals surface area contributed by atoms with E-state index in [4.69, 9.17) is 27.9 Å². The Hall–Kier alpha value is -4.05. The van der Waals surface area contributed by atoms with Crippen LogP contribution in [0.2, 0.25) is 10.0 Å². The van der Waals surface area contributed by atoms with Crippen LogP contribution in [0.25, 0.3) is 0 Å². The zero-order valence-electron chi connectivity index (χ0n) is 26.8. The molecule has 0 spiro atoms. The van der Waals surface area contributed by atoms with Crippen LogP contribution in [-0.2, 0) is 32.6 Å². The Morgan fingerprint density at radius 1 is 0.915 bits per heavy atom. The minimum Gasteiger partial charge on any atom is -0.495 e. The highest BCUT2D eigenvalue weighted by Gasteiger charge is 2.36. The summed E-state index contributed by atoms with van der Waals surface area (Å²) >= 11 is 12.9. The second kappa shape index (κ2) is 16.2. The molecule has 0 aliphatic carbocycles. The van der Waals surface area contributed by atoms with E-state index in [9.17, 15) is 18.0 Å². The molecule has 8 nitrogen and oxygen atoms in total. The summed E-state index contributed by atoms with van der Waals surface area (Å²) in [6, 6.07) is 26.1. The van der Waals surface area contributed by atoms with E-state index in [2.05, 4.69) is 5.32 Å². The molecule has 248 valence electrons. The number of nitrogens with one attached hydrogen (secondary N) is 1. The number of ether oxygens (including phenoxy) is 1. The molecule has 11 heteroatoms. The summed E-state index contributed by atoms with van der Waals surface area (Å²) in [6.07, 6.45) is 0.865. The van der Waals surface area contributed by atoms with Gasteiger partial charge >= 0.3 is 0 Å². The molecule has 0 aromatic heterocycles. The summed E-state index contributed by atoms with van der Waals surface area (Å²) in [4.78, 5) is 30.0. The zero-order chi connectivity index (χ0) is 34.1. The Kier molecular flexibility index (Phi) is 12.3. The van der Waals surface area contributed by atoms with Crippen molar-refractivity contribution in [2.24, 2.45) is 0 Å². The molecular formula is C36H39Cl2N3O5S. The van der Waals surface area contributed by atoms with Crippen molar-refractivity contribution in [1.29, 1.82) is 0 Å². The van der Waals surface area contributed by atoms with E-state index in [1.165, 1.54) is 30.2 Å². The number of carbonyl (C=O) groups excluding carboxylic acids is 2. The van der Waals surface area contributed by atoms with Gasteiger partial charge in [-0.05, 0) is 67.8 Å². The molecule has 0 unspecified atom stereocenters. The summed E-state index contributed by atoms with van der Waals surface area (Å²) in [7, 11) is -2.93. The van der Waals surface area contributed by atoms with Gasteiger partial charge in [-0.2, -0.15) is 0 Å². The van der Waals surface area contributed by atoms with E-state index in [0.717, 1.165) is 15.4 Å². The molecule has 0 aliphatic rings. The summed E-state index contributed by atoms with van der Waals surface area (Å²) in [5.74, 6) is -0.786. The largest absolute Gasteiger partial charge is 0.495 e. The monoisotopic (exact) mass is 695 g/mol. The van der Waals surface area contributed by atoms with Gasteiger partial charge in [0.15, 0.2) is 0 Å². The van der Waals surface area contributed by atoms with E-state index >= 15 is 0 Å². The molecule has 0 fully saturated rings. The van der Waals surface area contributed by atoms with Crippen molar-refractivity contribution in [3.05, 3.63) is 124 Å². The predicted octanol–water partition coefficient (Wildman–Crippen LogP) is 7.06. The molecule has 0 aliphatic heterocycles. The van der Waals surface area contributed by atoms with Crippen LogP contribution in [0.5, 0.6) is 5.75 Å². The maximum atomic E-state index is 14.7. The van der Waals surface area contributed by atoms with Gasteiger partial charge in [-0.25, -0.2) is 8.42 Å². The number of hydrogen-bond donors (Lipinski definition) is 1. The van der Waals surface area contributed by atoms with Gasteiger partial charge in [0, 0.05) is 29.1 Å². The van der Waals surface area contributed by atoms with Gasteiger partial charge in [0.2, 0.25) is 11.8 Å². The van der Waals surface area contributed by atoms with Gasteiger partial charge in [0.25, 0.3) is 10.0 Å². The number of sulfonamides is 1. The van der Waals surface area contributed by atoms with Crippen LogP contribution in [0, 0.1) is 6.92 Å². The Balaban J connectivity index is 1.87. The number of amides is 2. The second-order valence-electron chi connectivity index (χ2n) is 11.3. The van der Waals surface area contributed by atoms with Crippen molar-refractivity contribution < 1.29 is 22.7 Å². The number of benzene rings is 4. The summed E-state index contributed by atoms with van der Waals surface area (Å²) in [5, 5.41) is 3.68. The third-order valence-corrected chi connectivity index (χ3v) is 10.2. The lowest BCUT2D eigenvalue weighted by Crippen LogP contribution is -2.54. The fraction of sp³-hybridized carbons (Fsp3) is 0.278. The first-order valence-corrected chi connectivity index (χ1v) is 17.4. The fourth-order valence-corrected chi connectivity index (χ4v) is 6.79. The summed E-state index contributed by atoms with van der Waals surface area (Å²) < 4.78 is 35.2. The molecular weight excluding hydrogens is 657 g/mol. The van der Waals surface area contributed by atoms with E-state index in [1.807, 2.05) is 51.1 Å². The first kappa shape index (κ1) is 35.8. The summed E-state index contributed by atoms with van der Waals surface area (Å²) in [6.45, 7) is 4.99. The molecule has 0 bridgehead atoms. The van der Waals surface area contributed by atoms with Gasteiger partial charge < -0.3 is 15.0 Å². The Morgan fingerprint density at radius 2 is 1.57 bits per heavy atom. The highest BCUT2D eigenvalue weighted by Crippen LogP contribution is 2.35. The number of methoxy groups -OCH3 is 1. The number of carbonyl (C=O) groups is 2. The van der Waals surface area contributed by atoms with Gasteiger partial charge in [-0.3, -0.25) is 13.9 Å². The number of nitrogens with zero attached hydrogens (tertiary/aromatic N) is 2. The lowest BCUT2D eigenvalue weighted by atomic mass is 10.0. The maximum Gasteiger partial charge on any atom is 0.264 e. The zero-order valence-corrected chi connectivity index (χ0v) is 29.1. The lowest BCUT2D eigenvalue weighted by molar-refractivity contribution is -0.140. The van der Waals surface area contributed by atoms with Crippen molar-refractivity contribution in [2.45, 2.75) is 57.1 Å². The molecule has 4 rings (SSSR count). The third kappa shape index (κ3) is 9.06. The highest BCUT2D eigenvalue weighted by atomic mass is 35.5. The highest BCUT2D eigenvalue weighted by molar-refractivity contribution is 7.92. The van der Waals surface area contributed by atoms with Crippen molar-refractivity contribution in [3.8, 4) is 5.75 Å². The van der Waals surface area contributed by atoms with Crippen LogP contribution in [0.15, 0.2) is 102 Å². The third-order valence-electron chi connectivity index (χ3n) is 7.87. The molecule has 4 aromatic rings. The predicted molar refractivity (Wildman–Crippen MR) is 188 cm³/mol. The molecule has 0 saturated carbocycles. The van der Waals surface area contributed by atoms with E-state index in [-0.39, 0.29) is 46.3 Å². The van der Waals surface area contributed by atoms with Crippen LogP contribution in [0.1, 0.15) is 37.0 Å².